The fraction of sp³-hybridized carbons (Fsp3) is 1.00. The Morgan fingerprint density at radius 3 is 1.50 bits per heavy atom. The first-order valence-electron chi connectivity index (χ1n) is 6.22. The third kappa shape index (κ3) is 37.1. The minimum Gasteiger partial charge on any atom is -0.393 e. The Balaban J connectivity index is -0.000000103. The summed E-state index contributed by atoms with van der Waals surface area (Å²) < 4.78 is 0. The highest BCUT2D eigenvalue weighted by atomic mass is 16.3. The van der Waals surface area contributed by atoms with Crippen LogP contribution in [0.1, 0.15) is 52.4 Å². The number of unbranched alkanes of at least 4 members (excludes halogenated alkanes) is 2. The summed E-state index contributed by atoms with van der Waals surface area (Å²) >= 11 is 0. The topological polar surface area (TPSA) is 98.3 Å². The smallest absolute Gasteiger partial charge is 0.0540 e. The Hall–Kier alpha value is -0.160. The summed E-state index contributed by atoms with van der Waals surface area (Å²) in [6.07, 6.45) is 6.76. The highest BCUT2D eigenvalue weighted by Gasteiger charge is 2.00. The lowest BCUT2D eigenvalue weighted by Gasteiger charge is -2.07. The molecular weight excluding hydrogens is 202 g/mol. The van der Waals surface area contributed by atoms with Gasteiger partial charge in [0.05, 0.1) is 6.10 Å². The van der Waals surface area contributed by atoms with Gasteiger partial charge in [-0.2, -0.15) is 0 Å². The molecule has 104 valence electrons. The number of hydrogen-bond donors (Lipinski definition) is 4. The van der Waals surface area contributed by atoms with E-state index in [1.165, 1.54) is 40.4 Å². The van der Waals surface area contributed by atoms with Gasteiger partial charge in [-0.05, 0) is 34.0 Å². The lowest BCUT2D eigenvalue weighted by molar-refractivity contribution is 0.150. The first-order chi connectivity index (χ1) is 7.81. The van der Waals surface area contributed by atoms with Crippen LogP contribution in [0.2, 0.25) is 0 Å². The summed E-state index contributed by atoms with van der Waals surface area (Å²) in [4.78, 5) is 0. The molecule has 7 N–H and O–H groups in total. The van der Waals surface area contributed by atoms with Gasteiger partial charge in [0.15, 0.2) is 0 Å². The Labute approximate surface area is 103 Å². The first-order valence-corrected chi connectivity index (χ1v) is 6.22. The molecule has 1 atom stereocenters. The Bertz CT molecular complexity index is 73.3. The molecule has 16 heavy (non-hydrogen) atoms. The van der Waals surface area contributed by atoms with Crippen LogP contribution < -0.4 is 17.2 Å². The number of aliphatic hydroxyl groups is 1. The third-order valence-corrected chi connectivity index (χ3v) is 1.76. The molecule has 0 aliphatic carbocycles. The zero-order valence-corrected chi connectivity index (χ0v) is 12.0. The SMILES string of the molecule is CCCCCC(O)CCC.CN.CN.CN. The largest absolute Gasteiger partial charge is 0.393 e. The van der Waals surface area contributed by atoms with Crippen LogP contribution in [0, 0.1) is 0 Å². The van der Waals surface area contributed by atoms with Crippen LogP contribution in [0.15, 0.2) is 0 Å². The average molecular weight is 237 g/mol. The second-order valence-electron chi connectivity index (χ2n) is 2.94. The predicted molar refractivity (Wildman–Crippen MR) is 75.4 cm³/mol. The molecule has 0 aliphatic heterocycles. The Morgan fingerprint density at radius 1 is 0.750 bits per heavy atom. The molecule has 4 nitrogen and oxygen atoms in total. The molecule has 0 rings (SSSR count). The molecule has 0 amide bonds. The summed E-state index contributed by atoms with van der Waals surface area (Å²) in [5, 5.41) is 9.28. The molecule has 1 unspecified atom stereocenters. The summed E-state index contributed by atoms with van der Waals surface area (Å²) in [5.41, 5.74) is 13.5. The van der Waals surface area contributed by atoms with Crippen molar-refractivity contribution < 1.29 is 5.11 Å². The zero-order valence-electron chi connectivity index (χ0n) is 12.0. The molecule has 0 heterocycles. The van der Waals surface area contributed by atoms with Gasteiger partial charge in [0.2, 0.25) is 0 Å². The van der Waals surface area contributed by atoms with E-state index in [1.807, 2.05) is 0 Å². The maximum atomic E-state index is 9.28. The molecule has 0 aromatic heterocycles. The van der Waals surface area contributed by atoms with Crippen molar-refractivity contribution in [2.75, 3.05) is 21.1 Å². The standard InChI is InChI=1S/C9H20O.3CH5N/c1-3-5-6-8-9(10)7-4-2;3*1-2/h9-10H,3-8H2,1-2H3;3*2H2,1H3. The van der Waals surface area contributed by atoms with Crippen molar-refractivity contribution >= 4 is 0 Å². The van der Waals surface area contributed by atoms with E-state index in [9.17, 15) is 5.11 Å². The van der Waals surface area contributed by atoms with Crippen LogP contribution >= 0.6 is 0 Å². The molecule has 0 aromatic carbocycles. The van der Waals surface area contributed by atoms with Gasteiger partial charge in [-0.15, -0.1) is 0 Å². The second-order valence-corrected chi connectivity index (χ2v) is 2.94. The average Bonchev–Trinajstić information content (AvgIpc) is 2.37. The normalized spacial score (nSPS) is 9.56. The van der Waals surface area contributed by atoms with E-state index in [4.69, 9.17) is 0 Å². The molecule has 0 spiro atoms. The van der Waals surface area contributed by atoms with Crippen LogP contribution in [0.5, 0.6) is 0 Å². The van der Waals surface area contributed by atoms with Crippen molar-refractivity contribution in [3.05, 3.63) is 0 Å². The molecule has 0 saturated carbocycles. The monoisotopic (exact) mass is 237 g/mol. The molecule has 0 aromatic rings. The van der Waals surface area contributed by atoms with Crippen molar-refractivity contribution in [3.8, 4) is 0 Å². The summed E-state index contributed by atoms with van der Waals surface area (Å²) in [5.74, 6) is 0. The predicted octanol–water partition coefficient (Wildman–Crippen LogP) is 1.45. The van der Waals surface area contributed by atoms with Crippen LogP contribution in [0.3, 0.4) is 0 Å². The van der Waals surface area contributed by atoms with Gasteiger partial charge in [-0.25, -0.2) is 0 Å². The van der Waals surface area contributed by atoms with E-state index in [-0.39, 0.29) is 6.10 Å². The lowest BCUT2D eigenvalue weighted by atomic mass is 10.1. The quantitative estimate of drug-likeness (QED) is 0.526. The second kappa shape index (κ2) is 36.4. The lowest BCUT2D eigenvalue weighted by Crippen LogP contribution is -2.04. The maximum Gasteiger partial charge on any atom is 0.0540 e. The number of aliphatic hydroxyl groups excluding tert-OH is 1. The highest BCUT2D eigenvalue weighted by molar-refractivity contribution is 4.53. The fourth-order valence-electron chi connectivity index (χ4n) is 1.11. The van der Waals surface area contributed by atoms with E-state index < -0.39 is 0 Å². The molecule has 0 aliphatic rings. The summed E-state index contributed by atoms with van der Waals surface area (Å²) in [6, 6.07) is 0. The number of hydrogen-bond acceptors (Lipinski definition) is 4. The van der Waals surface area contributed by atoms with Crippen molar-refractivity contribution in [1.82, 2.24) is 0 Å². The molecule has 0 radical (unpaired) electrons. The first kappa shape index (κ1) is 24.9. The van der Waals surface area contributed by atoms with Gasteiger partial charge in [0, 0.05) is 0 Å². The van der Waals surface area contributed by atoms with Crippen LogP contribution in [-0.2, 0) is 0 Å². The van der Waals surface area contributed by atoms with E-state index in [0.717, 1.165) is 19.3 Å². The Kier molecular flexibility index (Phi) is 56.6. The van der Waals surface area contributed by atoms with Crippen molar-refractivity contribution in [2.45, 2.75) is 58.5 Å². The molecular formula is C12H35N3O. The highest BCUT2D eigenvalue weighted by Crippen LogP contribution is 2.07. The van der Waals surface area contributed by atoms with Crippen molar-refractivity contribution in [2.24, 2.45) is 17.2 Å². The van der Waals surface area contributed by atoms with Crippen LogP contribution in [-0.4, -0.2) is 32.4 Å². The van der Waals surface area contributed by atoms with Gasteiger partial charge in [-0.3, -0.25) is 0 Å². The van der Waals surface area contributed by atoms with Gasteiger partial charge >= 0.3 is 0 Å². The molecule has 4 heteroatoms. The van der Waals surface area contributed by atoms with Gasteiger partial charge in [-0.1, -0.05) is 39.5 Å². The Morgan fingerprint density at radius 2 is 1.19 bits per heavy atom. The van der Waals surface area contributed by atoms with E-state index in [1.54, 1.807) is 0 Å². The van der Waals surface area contributed by atoms with E-state index in [2.05, 4.69) is 31.0 Å². The van der Waals surface area contributed by atoms with Gasteiger partial charge in [0.1, 0.15) is 0 Å². The molecule has 0 bridgehead atoms. The van der Waals surface area contributed by atoms with Gasteiger partial charge in [0.25, 0.3) is 0 Å². The van der Waals surface area contributed by atoms with Crippen LogP contribution in [0.4, 0.5) is 0 Å². The van der Waals surface area contributed by atoms with E-state index in [0.29, 0.717) is 0 Å². The van der Waals surface area contributed by atoms with E-state index >= 15 is 0 Å². The minimum atomic E-state index is -0.0310. The summed E-state index contributed by atoms with van der Waals surface area (Å²) in [7, 11) is 4.50. The molecule has 0 fully saturated rings. The maximum absolute atomic E-state index is 9.28. The van der Waals surface area contributed by atoms with Crippen molar-refractivity contribution in [1.29, 1.82) is 0 Å². The van der Waals surface area contributed by atoms with Crippen molar-refractivity contribution in [3.63, 3.8) is 0 Å². The molecule has 0 saturated heterocycles. The number of rotatable bonds is 6. The zero-order chi connectivity index (χ0) is 13.8. The van der Waals surface area contributed by atoms with Crippen LogP contribution in [0.25, 0.3) is 0 Å². The van der Waals surface area contributed by atoms with Gasteiger partial charge < -0.3 is 22.3 Å². The third-order valence-electron chi connectivity index (χ3n) is 1.76. The fourth-order valence-corrected chi connectivity index (χ4v) is 1.11. The number of nitrogens with two attached hydrogens (primary N) is 3. The summed E-state index contributed by atoms with van der Waals surface area (Å²) in [6.45, 7) is 4.30. The minimum absolute atomic E-state index is 0.0310.